The first-order valence-electron chi connectivity index (χ1n) is 8.90. The van der Waals surface area contributed by atoms with E-state index >= 15 is 0 Å². The minimum Gasteiger partial charge on any atom is -0.490 e. The van der Waals surface area contributed by atoms with Crippen molar-refractivity contribution in [2.24, 2.45) is 0 Å². The predicted molar refractivity (Wildman–Crippen MR) is 103 cm³/mol. The average molecular weight is 393 g/mol. The molecule has 1 N–H and O–H groups in total. The van der Waals surface area contributed by atoms with Crippen LogP contribution in [-0.4, -0.2) is 19.1 Å². The number of hydrogen-bond donors (Lipinski definition) is 1. The van der Waals surface area contributed by atoms with Crippen molar-refractivity contribution in [2.45, 2.75) is 26.4 Å². The quantitative estimate of drug-likeness (QED) is 0.599. The monoisotopic (exact) mass is 393 g/mol. The van der Waals surface area contributed by atoms with E-state index in [0.29, 0.717) is 30.3 Å². The summed E-state index contributed by atoms with van der Waals surface area (Å²) >= 11 is 0. The van der Waals surface area contributed by atoms with Gasteiger partial charge in [0, 0.05) is 6.08 Å². The first kappa shape index (κ1) is 21.3. The first-order chi connectivity index (χ1) is 13.3. The second-order valence-electron chi connectivity index (χ2n) is 5.85. The summed E-state index contributed by atoms with van der Waals surface area (Å²) in [5.41, 5.74) is -0.526. The largest absolute Gasteiger partial charge is 0.490 e. The van der Waals surface area contributed by atoms with E-state index in [-0.39, 0.29) is 5.69 Å². The van der Waals surface area contributed by atoms with Crippen molar-refractivity contribution in [1.82, 2.24) is 0 Å². The van der Waals surface area contributed by atoms with Crippen LogP contribution in [0.25, 0.3) is 6.08 Å². The smallest absolute Gasteiger partial charge is 0.418 e. The lowest BCUT2D eigenvalue weighted by atomic mass is 10.1. The molecule has 0 aliphatic carbocycles. The highest BCUT2D eigenvalue weighted by molar-refractivity contribution is 6.02. The van der Waals surface area contributed by atoms with Crippen LogP contribution in [0, 0.1) is 0 Å². The van der Waals surface area contributed by atoms with Crippen molar-refractivity contribution in [2.75, 3.05) is 18.5 Å². The maximum absolute atomic E-state index is 13.0. The van der Waals surface area contributed by atoms with Gasteiger partial charge in [-0.3, -0.25) is 4.79 Å². The summed E-state index contributed by atoms with van der Waals surface area (Å²) in [6, 6.07) is 10.0. The van der Waals surface area contributed by atoms with Gasteiger partial charge in [0.05, 0.1) is 24.5 Å². The molecule has 0 radical (unpaired) electrons. The number of ether oxygens (including phenoxy) is 2. The molecular weight excluding hydrogens is 371 g/mol. The average Bonchev–Trinajstić information content (AvgIpc) is 2.65. The number of carbonyl (C=O) groups excluding carboxylic acids is 1. The van der Waals surface area contributed by atoms with Crippen molar-refractivity contribution in [1.29, 1.82) is 0 Å². The molecule has 0 unspecified atom stereocenters. The summed E-state index contributed by atoms with van der Waals surface area (Å²) in [6.07, 6.45) is -1.02. The highest BCUT2D eigenvalue weighted by atomic mass is 19.4. The van der Waals surface area contributed by atoms with Crippen molar-refractivity contribution < 1.29 is 27.4 Å². The Morgan fingerprint density at radius 1 is 1.07 bits per heavy atom. The van der Waals surface area contributed by atoms with Gasteiger partial charge in [0.2, 0.25) is 5.91 Å². The van der Waals surface area contributed by atoms with E-state index < -0.39 is 17.6 Å². The molecule has 0 bridgehead atoms. The van der Waals surface area contributed by atoms with Gasteiger partial charge in [0.25, 0.3) is 0 Å². The van der Waals surface area contributed by atoms with E-state index in [1.807, 2.05) is 13.8 Å². The predicted octanol–water partition coefficient (Wildman–Crippen LogP) is 5.54. The molecule has 2 aromatic carbocycles. The second kappa shape index (κ2) is 9.82. The molecule has 28 heavy (non-hydrogen) atoms. The lowest BCUT2D eigenvalue weighted by Gasteiger charge is -2.13. The molecular formula is C21H22F3NO3. The zero-order valence-corrected chi connectivity index (χ0v) is 15.7. The van der Waals surface area contributed by atoms with Gasteiger partial charge in [-0.05, 0) is 49.2 Å². The topological polar surface area (TPSA) is 47.6 Å². The van der Waals surface area contributed by atoms with Gasteiger partial charge in [0.15, 0.2) is 11.5 Å². The van der Waals surface area contributed by atoms with Gasteiger partial charge in [-0.15, -0.1) is 0 Å². The minimum atomic E-state index is -4.55. The molecule has 0 aliphatic rings. The Labute approximate surface area is 162 Å². The van der Waals surface area contributed by atoms with Crippen LogP contribution in [0.4, 0.5) is 18.9 Å². The van der Waals surface area contributed by atoms with E-state index in [9.17, 15) is 18.0 Å². The number of anilines is 1. The van der Waals surface area contributed by atoms with E-state index in [0.717, 1.165) is 12.5 Å². The van der Waals surface area contributed by atoms with Gasteiger partial charge in [-0.25, -0.2) is 0 Å². The zero-order chi connectivity index (χ0) is 20.6. The van der Waals surface area contributed by atoms with Gasteiger partial charge in [-0.1, -0.05) is 25.1 Å². The molecule has 0 spiro atoms. The molecule has 7 heteroatoms. The van der Waals surface area contributed by atoms with Gasteiger partial charge < -0.3 is 14.8 Å². The first-order valence-corrected chi connectivity index (χ1v) is 8.90. The van der Waals surface area contributed by atoms with Crippen molar-refractivity contribution in [3.63, 3.8) is 0 Å². The van der Waals surface area contributed by atoms with Crippen LogP contribution in [0.5, 0.6) is 11.5 Å². The maximum Gasteiger partial charge on any atom is 0.418 e. The Morgan fingerprint density at radius 2 is 1.82 bits per heavy atom. The molecule has 2 aromatic rings. The third kappa shape index (κ3) is 6.04. The molecule has 4 nitrogen and oxygen atoms in total. The zero-order valence-electron chi connectivity index (χ0n) is 15.7. The molecule has 150 valence electrons. The Hall–Kier alpha value is -2.96. The number of amides is 1. The lowest BCUT2D eigenvalue weighted by molar-refractivity contribution is -0.136. The molecule has 0 atom stereocenters. The molecule has 0 saturated carbocycles. The van der Waals surface area contributed by atoms with Crippen LogP contribution in [0.2, 0.25) is 0 Å². The fraction of sp³-hybridized carbons (Fsp3) is 0.286. The van der Waals surface area contributed by atoms with E-state index in [4.69, 9.17) is 9.47 Å². The number of carbonyl (C=O) groups is 1. The number of para-hydroxylation sites is 1. The van der Waals surface area contributed by atoms with Gasteiger partial charge in [0.1, 0.15) is 0 Å². The number of halogens is 3. The minimum absolute atomic E-state index is 0.289. The third-order valence-corrected chi connectivity index (χ3v) is 3.65. The Balaban J connectivity index is 2.13. The van der Waals surface area contributed by atoms with E-state index in [1.54, 1.807) is 18.2 Å². The number of alkyl halides is 3. The van der Waals surface area contributed by atoms with Crippen molar-refractivity contribution in [3.8, 4) is 11.5 Å². The highest BCUT2D eigenvalue weighted by Crippen LogP contribution is 2.34. The normalized spacial score (nSPS) is 11.5. The molecule has 2 rings (SSSR count). The summed E-state index contributed by atoms with van der Waals surface area (Å²) in [7, 11) is 0. The Bertz CT molecular complexity index is 832. The number of rotatable bonds is 8. The van der Waals surface area contributed by atoms with Gasteiger partial charge in [-0.2, -0.15) is 13.2 Å². The van der Waals surface area contributed by atoms with Crippen LogP contribution in [0.15, 0.2) is 48.5 Å². The van der Waals surface area contributed by atoms with Crippen LogP contribution in [-0.2, 0) is 11.0 Å². The van der Waals surface area contributed by atoms with Crippen LogP contribution >= 0.6 is 0 Å². The Morgan fingerprint density at radius 3 is 2.50 bits per heavy atom. The summed E-state index contributed by atoms with van der Waals surface area (Å²) in [6.45, 7) is 4.84. The summed E-state index contributed by atoms with van der Waals surface area (Å²) in [4.78, 5) is 12.1. The molecule has 0 aromatic heterocycles. The molecule has 0 aliphatic heterocycles. The molecule has 0 heterocycles. The van der Waals surface area contributed by atoms with Crippen molar-refractivity contribution >= 4 is 17.7 Å². The fourth-order valence-corrected chi connectivity index (χ4v) is 2.41. The van der Waals surface area contributed by atoms with E-state index in [2.05, 4.69) is 5.32 Å². The standard InChI is InChI=1S/C21H22F3NO3/c1-3-13-28-18-11-9-15(14-19(18)27-4-2)10-12-20(26)25-17-8-6-5-7-16(17)21(22,23)24/h5-12,14H,3-4,13H2,1-2H3,(H,25,26)/b12-10+. The third-order valence-electron chi connectivity index (χ3n) is 3.65. The maximum atomic E-state index is 13.0. The molecule has 1 amide bonds. The summed E-state index contributed by atoms with van der Waals surface area (Å²) in [5, 5.41) is 2.26. The number of benzene rings is 2. The summed E-state index contributed by atoms with van der Waals surface area (Å²) in [5.74, 6) is 0.478. The Kier molecular flexibility index (Phi) is 7.49. The molecule has 0 fully saturated rings. The van der Waals surface area contributed by atoms with Crippen LogP contribution < -0.4 is 14.8 Å². The summed E-state index contributed by atoms with van der Waals surface area (Å²) < 4.78 is 50.1. The van der Waals surface area contributed by atoms with Crippen molar-refractivity contribution in [3.05, 3.63) is 59.7 Å². The number of hydrogen-bond acceptors (Lipinski definition) is 3. The molecule has 0 saturated heterocycles. The van der Waals surface area contributed by atoms with E-state index in [1.165, 1.54) is 30.4 Å². The number of nitrogens with one attached hydrogen (secondary N) is 1. The lowest BCUT2D eigenvalue weighted by Crippen LogP contribution is -2.14. The van der Waals surface area contributed by atoms with Crippen LogP contribution in [0.1, 0.15) is 31.4 Å². The fourth-order valence-electron chi connectivity index (χ4n) is 2.41. The highest BCUT2D eigenvalue weighted by Gasteiger charge is 2.33. The SMILES string of the molecule is CCCOc1ccc(/C=C/C(=O)Nc2ccccc2C(F)(F)F)cc1OCC. The van der Waals surface area contributed by atoms with Crippen LogP contribution in [0.3, 0.4) is 0 Å². The second-order valence-corrected chi connectivity index (χ2v) is 5.85. The van der Waals surface area contributed by atoms with Gasteiger partial charge >= 0.3 is 6.18 Å².